The van der Waals surface area contributed by atoms with Crippen LogP contribution < -0.4 is 4.74 Å². The molecule has 0 amide bonds. The predicted octanol–water partition coefficient (Wildman–Crippen LogP) is 5.07. The van der Waals surface area contributed by atoms with Gasteiger partial charge < -0.3 is 14.3 Å². The fourth-order valence-corrected chi connectivity index (χ4v) is 3.13. The summed E-state index contributed by atoms with van der Waals surface area (Å²) in [6.07, 6.45) is -5.14. The van der Waals surface area contributed by atoms with E-state index < -0.39 is 30.0 Å². The molecular formula is C21H19F3N2O4. The topological polar surface area (TPSA) is 85.5 Å². The number of rotatable bonds is 7. The number of hydrogen-bond acceptors (Lipinski definition) is 5. The lowest BCUT2D eigenvalue weighted by Gasteiger charge is -2.18. The van der Waals surface area contributed by atoms with E-state index in [4.69, 9.17) is 9.15 Å². The van der Waals surface area contributed by atoms with Gasteiger partial charge in [-0.05, 0) is 36.2 Å². The van der Waals surface area contributed by atoms with Crippen molar-refractivity contribution in [2.75, 3.05) is 6.61 Å². The van der Waals surface area contributed by atoms with E-state index in [1.807, 2.05) is 0 Å². The van der Waals surface area contributed by atoms with Gasteiger partial charge in [0, 0.05) is 12.5 Å². The molecule has 1 atom stereocenters. The van der Waals surface area contributed by atoms with Crippen LogP contribution in [0.3, 0.4) is 0 Å². The molecule has 2 aromatic carbocycles. The standard InChI is InChI=1S/C21H19F3N2O4/c1-3-29-18-7-5-4-6-16(18)13-8-14(10-15(9-13)21(22,23)24)17(11-19(27)28)20-26-25-12(2)30-20/h4-10,17H,3,11H2,1-2H3,(H,27,28). The first-order chi connectivity index (χ1) is 14.2. The number of carbonyl (C=O) groups is 1. The Kier molecular flexibility index (Phi) is 6.09. The zero-order valence-corrected chi connectivity index (χ0v) is 16.2. The maximum absolute atomic E-state index is 13.6. The van der Waals surface area contributed by atoms with Crippen LogP contribution in [0.15, 0.2) is 46.9 Å². The molecule has 0 radical (unpaired) electrons. The highest BCUT2D eigenvalue weighted by atomic mass is 19.4. The molecule has 0 saturated carbocycles. The second-order valence-electron chi connectivity index (χ2n) is 6.58. The van der Waals surface area contributed by atoms with Gasteiger partial charge in [-0.25, -0.2) is 0 Å². The molecule has 0 spiro atoms. The number of aryl methyl sites for hydroxylation is 1. The average Bonchev–Trinajstić information content (AvgIpc) is 3.11. The molecular weight excluding hydrogens is 401 g/mol. The van der Waals surface area contributed by atoms with E-state index in [-0.39, 0.29) is 22.9 Å². The molecule has 6 nitrogen and oxygen atoms in total. The summed E-state index contributed by atoms with van der Waals surface area (Å²) in [5.74, 6) is -1.69. The number of benzene rings is 2. The SMILES string of the molecule is CCOc1ccccc1-c1cc(C(CC(=O)O)c2nnc(C)o2)cc(C(F)(F)F)c1. The van der Waals surface area contributed by atoms with Crippen molar-refractivity contribution >= 4 is 5.97 Å². The van der Waals surface area contributed by atoms with Gasteiger partial charge in [-0.1, -0.05) is 24.3 Å². The number of aromatic nitrogens is 2. The Morgan fingerprint density at radius 3 is 2.53 bits per heavy atom. The van der Waals surface area contributed by atoms with Gasteiger partial charge in [-0.15, -0.1) is 10.2 Å². The third-order valence-electron chi connectivity index (χ3n) is 4.40. The third kappa shape index (κ3) is 4.79. The molecule has 0 saturated heterocycles. The van der Waals surface area contributed by atoms with E-state index in [0.717, 1.165) is 12.1 Å². The van der Waals surface area contributed by atoms with Crippen LogP contribution in [0.2, 0.25) is 0 Å². The zero-order chi connectivity index (χ0) is 21.9. The quantitative estimate of drug-likeness (QED) is 0.575. The number of halogens is 3. The van der Waals surface area contributed by atoms with E-state index in [2.05, 4.69) is 10.2 Å². The smallest absolute Gasteiger partial charge is 0.416 e. The molecule has 1 unspecified atom stereocenters. The number of carboxylic acids is 1. The van der Waals surface area contributed by atoms with Crippen LogP contribution in [0.1, 0.15) is 42.2 Å². The van der Waals surface area contributed by atoms with Gasteiger partial charge in [0.2, 0.25) is 11.8 Å². The summed E-state index contributed by atoms with van der Waals surface area (Å²) in [6.45, 7) is 3.63. The van der Waals surface area contributed by atoms with Crippen LogP contribution in [0.5, 0.6) is 5.75 Å². The van der Waals surface area contributed by atoms with Crippen LogP contribution in [-0.4, -0.2) is 27.9 Å². The molecule has 0 aliphatic carbocycles. The number of alkyl halides is 3. The highest BCUT2D eigenvalue weighted by Gasteiger charge is 2.33. The summed E-state index contributed by atoms with van der Waals surface area (Å²) in [5.41, 5.74) is -0.0944. The van der Waals surface area contributed by atoms with E-state index in [0.29, 0.717) is 17.9 Å². The van der Waals surface area contributed by atoms with Crippen LogP contribution >= 0.6 is 0 Å². The summed E-state index contributed by atoms with van der Waals surface area (Å²) in [4.78, 5) is 11.4. The molecule has 1 aromatic heterocycles. The molecule has 0 aliphatic rings. The fourth-order valence-electron chi connectivity index (χ4n) is 3.13. The third-order valence-corrected chi connectivity index (χ3v) is 4.40. The minimum atomic E-state index is -4.64. The van der Waals surface area contributed by atoms with Crippen molar-refractivity contribution in [2.24, 2.45) is 0 Å². The van der Waals surface area contributed by atoms with Gasteiger partial charge in [0.15, 0.2) is 0 Å². The summed E-state index contributed by atoms with van der Waals surface area (Å²) in [7, 11) is 0. The molecule has 0 bridgehead atoms. The Hall–Kier alpha value is -3.36. The van der Waals surface area contributed by atoms with Gasteiger partial charge in [0.05, 0.1) is 24.5 Å². The summed E-state index contributed by atoms with van der Waals surface area (Å²) in [6, 6.07) is 10.1. The minimum Gasteiger partial charge on any atom is -0.493 e. The second kappa shape index (κ2) is 8.56. The van der Waals surface area contributed by atoms with Crippen molar-refractivity contribution in [3.8, 4) is 16.9 Å². The summed E-state index contributed by atoms with van der Waals surface area (Å²) >= 11 is 0. The summed E-state index contributed by atoms with van der Waals surface area (Å²) in [5, 5.41) is 16.8. The lowest BCUT2D eigenvalue weighted by molar-refractivity contribution is -0.138. The Morgan fingerprint density at radius 2 is 1.93 bits per heavy atom. The Labute approximate surface area is 170 Å². The maximum Gasteiger partial charge on any atom is 0.416 e. The van der Waals surface area contributed by atoms with Gasteiger partial charge >= 0.3 is 12.1 Å². The van der Waals surface area contributed by atoms with Crippen molar-refractivity contribution in [3.05, 3.63) is 65.4 Å². The lowest BCUT2D eigenvalue weighted by Crippen LogP contribution is -2.12. The molecule has 3 aromatic rings. The molecule has 0 fully saturated rings. The average molecular weight is 420 g/mol. The number of ether oxygens (including phenoxy) is 1. The maximum atomic E-state index is 13.6. The first-order valence-corrected chi connectivity index (χ1v) is 9.15. The van der Waals surface area contributed by atoms with Crippen LogP contribution in [0.4, 0.5) is 13.2 Å². The number of para-hydroxylation sites is 1. The fraction of sp³-hybridized carbons (Fsp3) is 0.286. The van der Waals surface area contributed by atoms with Gasteiger partial charge in [-0.2, -0.15) is 13.2 Å². The Morgan fingerprint density at radius 1 is 1.20 bits per heavy atom. The monoisotopic (exact) mass is 420 g/mol. The first-order valence-electron chi connectivity index (χ1n) is 9.15. The zero-order valence-electron chi connectivity index (χ0n) is 16.2. The largest absolute Gasteiger partial charge is 0.493 e. The number of nitrogens with zero attached hydrogens (tertiary/aromatic N) is 2. The summed E-state index contributed by atoms with van der Waals surface area (Å²) < 4.78 is 51.8. The molecule has 1 N–H and O–H groups in total. The van der Waals surface area contributed by atoms with Crippen molar-refractivity contribution in [1.29, 1.82) is 0 Å². The number of aliphatic carboxylic acids is 1. The van der Waals surface area contributed by atoms with E-state index in [1.54, 1.807) is 31.2 Å². The molecule has 158 valence electrons. The Balaban J connectivity index is 2.21. The predicted molar refractivity (Wildman–Crippen MR) is 101 cm³/mol. The highest BCUT2D eigenvalue weighted by molar-refractivity contribution is 5.73. The van der Waals surface area contributed by atoms with Crippen LogP contribution in [0, 0.1) is 6.92 Å². The lowest BCUT2D eigenvalue weighted by atomic mass is 9.90. The van der Waals surface area contributed by atoms with Crippen molar-refractivity contribution in [1.82, 2.24) is 10.2 Å². The number of carboxylic acid groups (broad SMARTS) is 1. The number of hydrogen-bond donors (Lipinski definition) is 1. The van der Waals surface area contributed by atoms with E-state index >= 15 is 0 Å². The van der Waals surface area contributed by atoms with Crippen molar-refractivity contribution in [2.45, 2.75) is 32.4 Å². The Bertz CT molecular complexity index is 1050. The second-order valence-corrected chi connectivity index (χ2v) is 6.58. The normalized spacial score (nSPS) is 12.6. The van der Waals surface area contributed by atoms with Gasteiger partial charge in [0.1, 0.15) is 5.75 Å². The van der Waals surface area contributed by atoms with Crippen molar-refractivity contribution in [3.63, 3.8) is 0 Å². The van der Waals surface area contributed by atoms with Gasteiger partial charge in [0.25, 0.3) is 0 Å². The van der Waals surface area contributed by atoms with Gasteiger partial charge in [-0.3, -0.25) is 4.79 Å². The molecule has 9 heteroatoms. The molecule has 3 rings (SSSR count). The highest BCUT2D eigenvalue weighted by Crippen LogP contribution is 2.39. The molecule has 0 aliphatic heterocycles. The van der Waals surface area contributed by atoms with Crippen LogP contribution in [-0.2, 0) is 11.0 Å². The van der Waals surface area contributed by atoms with E-state index in [1.165, 1.54) is 13.0 Å². The van der Waals surface area contributed by atoms with E-state index in [9.17, 15) is 23.1 Å². The molecule has 1 heterocycles. The minimum absolute atomic E-state index is 0.0572. The molecule has 30 heavy (non-hydrogen) atoms. The van der Waals surface area contributed by atoms with Crippen molar-refractivity contribution < 1.29 is 32.2 Å². The first kappa shape index (κ1) is 21.4. The van der Waals surface area contributed by atoms with Crippen LogP contribution in [0.25, 0.3) is 11.1 Å².